The van der Waals surface area contributed by atoms with Crippen molar-refractivity contribution in [3.8, 4) is 0 Å². The summed E-state index contributed by atoms with van der Waals surface area (Å²) in [5.74, 6) is -0.342. The van der Waals surface area contributed by atoms with Crippen molar-refractivity contribution in [3.05, 3.63) is 54.0 Å². The van der Waals surface area contributed by atoms with Crippen LogP contribution < -0.4 is 5.32 Å². The molecule has 3 aromatic rings. The SMILES string of the molecule is Cc1nn2cccnc2c1C(=O)Nc1ccc(S(=O)(=O)N2CCN(C)CC2)cc1. The Labute approximate surface area is 169 Å². The number of amides is 1. The van der Waals surface area contributed by atoms with Crippen molar-refractivity contribution in [1.82, 2.24) is 23.8 Å². The molecule has 0 spiro atoms. The molecule has 3 heterocycles. The molecule has 1 N–H and O–H groups in total. The van der Waals surface area contributed by atoms with Gasteiger partial charge in [-0.25, -0.2) is 17.9 Å². The fraction of sp³-hybridized carbons (Fsp3) is 0.316. The van der Waals surface area contributed by atoms with E-state index in [9.17, 15) is 13.2 Å². The highest BCUT2D eigenvalue weighted by Gasteiger charge is 2.27. The van der Waals surface area contributed by atoms with Crippen LogP contribution in [0.2, 0.25) is 0 Å². The summed E-state index contributed by atoms with van der Waals surface area (Å²) in [6, 6.07) is 7.96. The van der Waals surface area contributed by atoms with Crippen LogP contribution in [-0.2, 0) is 10.0 Å². The Bertz CT molecular complexity index is 1150. The third-order valence-corrected chi connectivity index (χ3v) is 6.92. The van der Waals surface area contributed by atoms with Crippen molar-refractivity contribution in [1.29, 1.82) is 0 Å². The number of aromatic nitrogens is 3. The van der Waals surface area contributed by atoms with Gasteiger partial charge < -0.3 is 10.2 Å². The van der Waals surface area contributed by atoms with Gasteiger partial charge >= 0.3 is 0 Å². The van der Waals surface area contributed by atoms with E-state index >= 15 is 0 Å². The minimum Gasteiger partial charge on any atom is -0.322 e. The van der Waals surface area contributed by atoms with Gasteiger partial charge in [-0.1, -0.05) is 0 Å². The number of nitrogens with zero attached hydrogens (tertiary/aromatic N) is 5. The van der Waals surface area contributed by atoms with Crippen LogP contribution in [0.4, 0.5) is 5.69 Å². The summed E-state index contributed by atoms with van der Waals surface area (Å²) in [4.78, 5) is 19.3. The Hall–Kier alpha value is -2.82. The standard InChI is InChI=1S/C19H22N6O3S/c1-14-17(18-20-8-3-9-25(18)22-14)19(26)21-15-4-6-16(7-5-15)29(27,28)24-12-10-23(2)11-13-24/h3-9H,10-13H2,1-2H3,(H,21,26). The molecule has 0 radical (unpaired) electrons. The molecule has 1 aliphatic heterocycles. The van der Waals surface area contributed by atoms with Crippen LogP contribution in [0, 0.1) is 6.92 Å². The van der Waals surface area contributed by atoms with Crippen molar-refractivity contribution in [3.63, 3.8) is 0 Å². The predicted molar refractivity (Wildman–Crippen MR) is 108 cm³/mol. The van der Waals surface area contributed by atoms with E-state index in [4.69, 9.17) is 0 Å². The molecule has 4 rings (SSSR count). The Morgan fingerprint density at radius 1 is 1.10 bits per heavy atom. The first-order chi connectivity index (χ1) is 13.9. The Kier molecular flexibility index (Phi) is 5.07. The number of benzene rings is 1. The zero-order valence-electron chi connectivity index (χ0n) is 16.2. The second kappa shape index (κ2) is 7.54. The summed E-state index contributed by atoms with van der Waals surface area (Å²) in [5, 5.41) is 7.08. The lowest BCUT2D eigenvalue weighted by atomic mass is 10.2. The molecular weight excluding hydrogens is 392 g/mol. The zero-order chi connectivity index (χ0) is 20.6. The first kappa shape index (κ1) is 19.5. The Balaban J connectivity index is 1.52. The number of sulfonamides is 1. The van der Waals surface area contributed by atoms with Gasteiger partial charge in [0.1, 0.15) is 5.56 Å². The van der Waals surface area contributed by atoms with Crippen molar-refractivity contribution in [2.24, 2.45) is 0 Å². The zero-order valence-corrected chi connectivity index (χ0v) is 17.1. The van der Waals surface area contributed by atoms with Crippen molar-refractivity contribution in [2.45, 2.75) is 11.8 Å². The van der Waals surface area contributed by atoms with E-state index in [0.717, 1.165) is 0 Å². The van der Waals surface area contributed by atoms with Crippen molar-refractivity contribution in [2.75, 3.05) is 38.5 Å². The number of aryl methyl sites for hydroxylation is 1. The molecule has 0 aliphatic carbocycles. The number of nitrogens with one attached hydrogen (secondary N) is 1. The number of carbonyl (C=O) groups excluding carboxylic acids is 1. The van der Waals surface area contributed by atoms with Gasteiger partial charge in [-0.05, 0) is 44.3 Å². The molecule has 0 atom stereocenters. The summed E-state index contributed by atoms with van der Waals surface area (Å²) in [6.45, 7) is 4.10. The van der Waals surface area contributed by atoms with E-state index in [2.05, 4.69) is 20.3 Å². The summed E-state index contributed by atoms with van der Waals surface area (Å²) >= 11 is 0. The molecule has 10 heteroatoms. The van der Waals surface area contributed by atoms with Crippen molar-refractivity contribution >= 4 is 27.3 Å². The van der Waals surface area contributed by atoms with Crippen LogP contribution in [0.3, 0.4) is 0 Å². The smallest absolute Gasteiger partial charge is 0.261 e. The summed E-state index contributed by atoms with van der Waals surface area (Å²) in [5.41, 5.74) is 1.92. The summed E-state index contributed by atoms with van der Waals surface area (Å²) in [6.07, 6.45) is 3.33. The van der Waals surface area contributed by atoms with Crippen LogP contribution in [0.15, 0.2) is 47.6 Å². The molecule has 9 nitrogen and oxygen atoms in total. The van der Waals surface area contributed by atoms with E-state index in [-0.39, 0.29) is 10.8 Å². The Morgan fingerprint density at radius 2 is 1.79 bits per heavy atom. The molecule has 1 aliphatic rings. The average molecular weight is 414 g/mol. The number of carbonyl (C=O) groups is 1. The van der Waals surface area contributed by atoms with Crippen LogP contribution in [0.1, 0.15) is 16.1 Å². The lowest BCUT2D eigenvalue weighted by Gasteiger charge is -2.31. The highest BCUT2D eigenvalue weighted by atomic mass is 32.2. The minimum atomic E-state index is -3.54. The van der Waals surface area contributed by atoms with E-state index < -0.39 is 10.0 Å². The summed E-state index contributed by atoms with van der Waals surface area (Å²) < 4.78 is 28.7. The van der Waals surface area contributed by atoms with Crippen LogP contribution in [-0.4, -0.2) is 71.4 Å². The number of anilines is 1. The van der Waals surface area contributed by atoms with Gasteiger partial charge in [0, 0.05) is 44.3 Å². The lowest BCUT2D eigenvalue weighted by molar-refractivity contribution is 0.102. The number of likely N-dealkylation sites (N-methyl/N-ethyl adjacent to an activating group) is 1. The Morgan fingerprint density at radius 3 is 2.48 bits per heavy atom. The topological polar surface area (TPSA) is 99.9 Å². The van der Waals surface area contributed by atoms with E-state index in [1.54, 1.807) is 42.0 Å². The molecule has 1 saturated heterocycles. The highest BCUT2D eigenvalue weighted by molar-refractivity contribution is 7.89. The van der Waals surface area contributed by atoms with E-state index in [1.807, 2.05) is 7.05 Å². The lowest BCUT2D eigenvalue weighted by Crippen LogP contribution is -2.46. The second-order valence-electron chi connectivity index (χ2n) is 7.03. The predicted octanol–water partition coefficient (Wildman–Crippen LogP) is 1.23. The largest absolute Gasteiger partial charge is 0.322 e. The third kappa shape index (κ3) is 3.74. The molecule has 1 amide bonds. The van der Waals surface area contributed by atoms with Crippen molar-refractivity contribution < 1.29 is 13.2 Å². The van der Waals surface area contributed by atoms with Gasteiger partial charge in [0.15, 0.2) is 5.65 Å². The van der Waals surface area contributed by atoms with Crippen LogP contribution in [0.25, 0.3) is 5.65 Å². The minimum absolute atomic E-state index is 0.217. The number of rotatable bonds is 4. The molecule has 1 fully saturated rings. The van der Waals surface area contributed by atoms with Crippen LogP contribution in [0.5, 0.6) is 0 Å². The van der Waals surface area contributed by atoms with E-state index in [1.165, 1.54) is 16.4 Å². The number of hydrogen-bond acceptors (Lipinski definition) is 6. The molecule has 0 unspecified atom stereocenters. The maximum absolute atomic E-state index is 12.8. The molecule has 29 heavy (non-hydrogen) atoms. The number of hydrogen-bond donors (Lipinski definition) is 1. The van der Waals surface area contributed by atoms with E-state index in [0.29, 0.717) is 48.8 Å². The van der Waals surface area contributed by atoms with Gasteiger partial charge in [0.05, 0.1) is 10.6 Å². The first-order valence-electron chi connectivity index (χ1n) is 9.26. The molecule has 1 aromatic carbocycles. The first-order valence-corrected chi connectivity index (χ1v) is 10.7. The summed E-state index contributed by atoms with van der Waals surface area (Å²) in [7, 11) is -1.56. The number of piperazine rings is 1. The monoisotopic (exact) mass is 414 g/mol. The van der Waals surface area contributed by atoms with Gasteiger partial charge in [-0.2, -0.15) is 9.40 Å². The maximum atomic E-state index is 12.8. The molecule has 0 bridgehead atoms. The van der Waals surface area contributed by atoms with Gasteiger partial charge in [0.2, 0.25) is 10.0 Å². The molecular formula is C19H22N6O3S. The second-order valence-corrected chi connectivity index (χ2v) is 8.97. The fourth-order valence-corrected chi connectivity index (χ4v) is 4.77. The average Bonchev–Trinajstić information content (AvgIpc) is 3.04. The fourth-order valence-electron chi connectivity index (χ4n) is 3.34. The van der Waals surface area contributed by atoms with Gasteiger partial charge in [-0.3, -0.25) is 4.79 Å². The molecule has 2 aromatic heterocycles. The highest BCUT2D eigenvalue weighted by Crippen LogP contribution is 2.21. The maximum Gasteiger partial charge on any atom is 0.261 e. The van der Waals surface area contributed by atoms with Crippen LogP contribution >= 0.6 is 0 Å². The molecule has 152 valence electrons. The van der Waals surface area contributed by atoms with Gasteiger partial charge in [0.25, 0.3) is 5.91 Å². The third-order valence-electron chi connectivity index (χ3n) is 5.01. The molecule has 0 saturated carbocycles. The normalized spacial score (nSPS) is 16.2. The number of fused-ring (bicyclic) bond motifs is 1. The quantitative estimate of drug-likeness (QED) is 0.689. The van der Waals surface area contributed by atoms with Gasteiger partial charge in [-0.15, -0.1) is 0 Å².